The van der Waals surface area contributed by atoms with Crippen molar-refractivity contribution < 1.29 is 51.3 Å². The first-order valence-corrected chi connectivity index (χ1v) is 11.1. The van der Waals surface area contributed by atoms with E-state index in [1.807, 2.05) is 0 Å². The van der Waals surface area contributed by atoms with Gasteiger partial charge < -0.3 is 30.1 Å². The molecule has 1 saturated carbocycles. The van der Waals surface area contributed by atoms with E-state index in [0.29, 0.717) is 5.91 Å². The number of carbonyl (C=O) groups excluding carboxylic acids is 1. The number of carbonyl (C=O) groups is 1. The monoisotopic (exact) mass is 417 g/mol. The van der Waals surface area contributed by atoms with Crippen molar-refractivity contribution in [3.63, 3.8) is 0 Å². The van der Waals surface area contributed by atoms with Gasteiger partial charge >= 0.3 is 21.7 Å². The van der Waals surface area contributed by atoms with E-state index >= 15 is 0 Å². The van der Waals surface area contributed by atoms with Crippen molar-refractivity contribution in [1.82, 2.24) is 5.32 Å². The first-order chi connectivity index (χ1) is 10.1. The Bertz CT molecular complexity index is 574. The van der Waals surface area contributed by atoms with E-state index in [4.69, 9.17) is 0 Å². The number of benzene rings is 1. The molecule has 0 radical (unpaired) electrons. The summed E-state index contributed by atoms with van der Waals surface area (Å²) in [4.78, 5) is 13.0. The van der Waals surface area contributed by atoms with E-state index in [1.165, 1.54) is 30.4 Å². The van der Waals surface area contributed by atoms with E-state index in [2.05, 4.69) is 54.8 Å². The molecule has 1 aromatic carbocycles. The summed E-state index contributed by atoms with van der Waals surface area (Å²) in [5.74, 6) is 0.315. The number of fused-ring (bicyclic) bond motifs is 1. The van der Waals surface area contributed by atoms with Gasteiger partial charge in [0, 0.05) is 13.8 Å². The Hall–Kier alpha value is -0.0588. The second-order valence-corrected chi connectivity index (χ2v) is 10.2. The minimum absolute atomic E-state index is 0. The summed E-state index contributed by atoms with van der Waals surface area (Å²) in [7, 11) is -1.03. The van der Waals surface area contributed by atoms with Gasteiger partial charge in [-0.05, 0) is 24.0 Å². The third-order valence-corrected chi connectivity index (χ3v) is 8.44. The fourth-order valence-corrected chi connectivity index (χ4v) is 6.08. The molecule has 0 aliphatic heterocycles. The Morgan fingerprint density at radius 3 is 2.38 bits per heavy atom. The fraction of sp³-hybridized carbons (Fsp3) is 0.500. The van der Waals surface area contributed by atoms with Gasteiger partial charge in [-0.15, -0.1) is 0 Å². The van der Waals surface area contributed by atoms with Crippen molar-refractivity contribution in [2.75, 3.05) is 0 Å². The van der Waals surface area contributed by atoms with Crippen LogP contribution in [0.25, 0.3) is 6.08 Å². The number of rotatable bonds is 3. The number of hydrogen-bond donors (Lipinski definition) is 1. The van der Waals surface area contributed by atoms with Crippen LogP contribution in [0.4, 0.5) is 0 Å². The molecular weight excluding hydrogens is 393 g/mol. The molecule has 2 nitrogen and oxygen atoms in total. The Labute approximate surface area is 174 Å². The van der Waals surface area contributed by atoms with E-state index in [-0.39, 0.29) is 57.6 Å². The molecule has 1 unspecified atom stereocenters. The molecule has 0 saturated heterocycles. The van der Waals surface area contributed by atoms with Crippen LogP contribution in [0, 0.1) is 0 Å². The van der Waals surface area contributed by atoms with Crippen molar-refractivity contribution in [2.24, 2.45) is 0 Å². The summed E-state index contributed by atoms with van der Waals surface area (Å²) in [6.07, 6.45) is 10.2. The van der Waals surface area contributed by atoms with Crippen LogP contribution in [-0.2, 0) is 26.5 Å². The first kappa shape index (κ1) is 23.9. The van der Waals surface area contributed by atoms with E-state index in [9.17, 15) is 4.79 Å². The minimum Gasteiger partial charge on any atom is -1.00 e. The van der Waals surface area contributed by atoms with Crippen LogP contribution in [0.5, 0.6) is 0 Å². The molecule has 2 aliphatic carbocycles. The molecule has 0 bridgehead atoms. The predicted molar refractivity (Wildman–Crippen MR) is 91.0 cm³/mol. The molecule has 2 aliphatic rings. The topological polar surface area (TPSA) is 29.1 Å². The summed E-state index contributed by atoms with van der Waals surface area (Å²) in [6, 6.07) is 8.42. The van der Waals surface area contributed by atoms with Crippen molar-refractivity contribution in [3.05, 3.63) is 41.5 Å². The predicted octanol–water partition coefficient (Wildman–Crippen LogP) is -1.93. The molecule has 1 amide bonds. The molecule has 1 fully saturated rings. The van der Waals surface area contributed by atoms with Crippen molar-refractivity contribution >= 4 is 20.8 Å². The molecular formula is C18H25Cl2NOSiTi. The SMILES string of the molecule is C[SiH](C)C1(C(=O)NC2C=Cc3ccccc32)CCCCC1.[Cl-].[Cl-].[Ti+2]. The number of hydrogen-bond acceptors (Lipinski definition) is 1. The summed E-state index contributed by atoms with van der Waals surface area (Å²) >= 11 is 0. The van der Waals surface area contributed by atoms with Gasteiger partial charge in [-0.2, -0.15) is 0 Å². The maximum Gasteiger partial charge on any atom is 2.00 e. The third kappa shape index (κ3) is 4.56. The van der Waals surface area contributed by atoms with Crippen LogP contribution < -0.4 is 30.1 Å². The van der Waals surface area contributed by atoms with Crippen LogP contribution in [0.3, 0.4) is 0 Å². The maximum atomic E-state index is 13.0. The van der Waals surface area contributed by atoms with Crippen LogP contribution in [0.1, 0.15) is 49.3 Å². The molecule has 1 atom stereocenters. The van der Waals surface area contributed by atoms with Gasteiger partial charge in [-0.3, -0.25) is 4.79 Å². The Balaban J connectivity index is 0.00000176. The summed E-state index contributed by atoms with van der Waals surface area (Å²) < 4.78 is 0. The van der Waals surface area contributed by atoms with Crippen molar-refractivity contribution in [2.45, 2.75) is 56.3 Å². The Morgan fingerprint density at radius 1 is 1.12 bits per heavy atom. The smallest absolute Gasteiger partial charge is 1.00 e. The molecule has 3 rings (SSSR count). The molecule has 6 heteroatoms. The molecule has 1 aromatic rings. The van der Waals surface area contributed by atoms with E-state index < -0.39 is 8.80 Å². The van der Waals surface area contributed by atoms with Gasteiger partial charge in [0.05, 0.1) is 6.04 Å². The van der Waals surface area contributed by atoms with Gasteiger partial charge in [0.15, 0.2) is 0 Å². The largest absolute Gasteiger partial charge is 2.00 e. The second kappa shape index (κ2) is 10.2. The zero-order valence-electron chi connectivity index (χ0n) is 14.3. The number of halogens is 2. The number of nitrogens with one attached hydrogen (secondary N) is 1. The quantitative estimate of drug-likeness (QED) is 0.570. The average Bonchev–Trinajstić information content (AvgIpc) is 2.91. The van der Waals surface area contributed by atoms with E-state index in [0.717, 1.165) is 12.8 Å². The van der Waals surface area contributed by atoms with Crippen LogP contribution in [0.2, 0.25) is 18.1 Å². The van der Waals surface area contributed by atoms with Crippen molar-refractivity contribution in [1.29, 1.82) is 0 Å². The Kier molecular flexibility index (Phi) is 10.2. The fourth-order valence-electron chi connectivity index (χ4n) is 3.91. The summed E-state index contributed by atoms with van der Waals surface area (Å²) in [5.41, 5.74) is 2.48. The molecule has 0 aromatic heterocycles. The molecule has 0 spiro atoms. The van der Waals surface area contributed by atoms with Gasteiger partial charge in [0.2, 0.25) is 5.91 Å². The van der Waals surface area contributed by atoms with Gasteiger partial charge in [0.25, 0.3) is 0 Å². The Morgan fingerprint density at radius 2 is 1.75 bits per heavy atom. The van der Waals surface area contributed by atoms with E-state index in [1.54, 1.807) is 0 Å². The van der Waals surface area contributed by atoms with Gasteiger partial charge in [-0.1, -0.05) is 68.8 Å². The van der Waals surface area contributed by atoms with Crippen LogP contribution in [0.15, 0.2) is 30.3 Å². The zero-order valence-corrected chi connectivity index (χ0v) is 18.5. The summed E-state index contributed by atoms with van der Waals surface area (Å²) in [5, 5.41) is 3.31. The minimum atomic E-state index is -1.03. The average molecular weight is 418 g/mol. The normalized spacial score (nSPS) is 20.2. The molecule has 1 N–H and O–H groups in total. The van der Waals surface area contributed by atoms with Crippen LogP contribution in [-0.4, -0.2) is 14.7 Å². The third-order valence-electron chi connectivity index (χ3n) is 5.39. The zero-order chi connectivity index (χ0) is 14.9. The molecule has 24 heavy (non-hydrogen) atoms. The molecule has 0 heterocycles. The first-order valence-electron chi connectivity index (χ1n) is 8.21. The maximum absolute atomic E-state index is 13.0. The number of amides is 1. The molecule has 130 valence electrons. The second-order valence-electron chi connectivity index (χ2n) is 6.81. The van der Waals surface area contributed by atoms with Gasteiger partial charge in [-0.25, -0.2) is 0 Å². The van der Waals surface area contributed by atoms with Crippen molar-refractivity contribution in [3.8, 4) is 0 Å². The standard InChI is InChI=1S/C18H25NOSi.2ClH.Ti/c1-21(2)18(12-6-3-7-13-18)17(20)19-16-11-10-14-8-4-5-9-15(14)16;;;/h4-5,8-11,16,21H,3,6-7,12-13H2,1-2H3,(H,19,20);2*1H;/q;;;+2/p-2. The van der Waals surface area contributed by atoms with Gasteiger partial charge in [0.1, 0.15) is 0 Å². The summed E-state index contributed by atoms with van der Waals surface area (Å²) in [6.45, 7) is 4.67. The van der Waals surface area contributed by atoms with Crippen LogP contribution >= 0.6 is 0 Å².